The summed E-state index contributed by atoms with van der Waals surface area (Å²) in [5.74, 6) is 0.879. The molecule has 0 radical (unpaired) electrons. The van der Waals surface area contributed by atoms with Gasteiger partial charge in [-0.15, -0.1) is 0 Å². The number of hydrogen-bond donors (Lipinski definition) is 1. The number of aryl methyl sites for hydroxylation is 1. The fourth-order valence-corrected chi connectivity index (χ4v) is 4.97. The smallest absolute Gasteiger partial charge is 0.270 e. The summed E-state index contributed by atoms with van der Waals surface area (Å²) < 4.78 is 16.7. The van der Waals surface area contributed by atoms with Crippen LogP contribution in [0.1, 0.15) is 11.1 Å². The molecule has 1 saturated heterocycles. The third-order valence-corrected chi connectivity index (χ3v) is 7.11. The van der Waals surface area contributed by atoms with Gasteiger partial charge < -0.3 is 19.5 Å². The minimum Gasteiger partial charge on any atom is -0.497 e. The SMILES string of the molecule is COc1cccc(NC(=O)COc2ccc(/C=C3\SC(=S)N(c4ccc(C)c(Cl)c4)C3=O)cc2OC)c1. The largest absolute Gasteiger partial charge is 0.497 e. The number of thiocarbonyl (C=S) groups is 1. The number of benzene rings is 3. The number of carbonyl (C=O) groups excluding carboxylic acids is 2. The average Bonchev–Trinajstić information content (AvgIpc) is 3.17. The lowest BCUT2D eigenvalue weighted by Gasteiger charge is -2.15. The average molecular weight is 555 g/mol. The molecular weight excluding hydrogens is 532 g/mol. The molecule has 10 heteroatoms. The van der Waals surface area contributed by atoms with Gasteiger partial charge in [-0.25, -0.2) is 0 Å². The van der Waals surface area contributed by atoms with Gasteiger partial charge in [-0.05, 0) is 60.5 Å². The van der Waals surface area contributed by atoms with Crippen molar-refractivity contribution in [1.29, 1.82) is 0 Å². The molecule has 190 valence electrons. The van der Waals surface area contributed by atoms with Gasteiger partial charge in [0.1, 0.15) is 5.75 Å². The molecule has 0 spiro atoms. The van der Waals surface area contributed by atoms with E-state index < -0.39 is 0 Å². The summed E-state index contributed by atoms with van der Waals surface area (Å²) in [4.78, 5) is 27.4. The summed E-state index contributed by atoms with van der Waals surface area (Å²) in [6.07, 6.45) is 1.73. The highest BCUT2D eigenvalue weighted by atomic mass is 35.5. The molecule has 1 fully saturated rings. The first-order chi connectivity index (χ1) is 17.8. The van der Waals surface area contributed by atoms with Gasteiger partial charge in [0, 0.05) is 16.8 Å². The molecule has 1 aliphatic rings. The standard InChI is InChI=1S/C27H23ClN2O5S2/c1-16-7-9-19(14-21(16)28)30-26(32)24(37-27(30)36)12-17-8-10-22(23(11-17)34-3)35-15-25(31)29-18-5-4-6-20(13-18)33-2/h4-14H,15H2,1-3H3,(H,29,31)/b24-12-. The Morgan fingerprint density at radius 2 is 1.89 bits per heavy atom. The molecule has 0 aliphatic carbocycles. The van der Waals surface area contributed by atoms with Crippen molar-refractivity contribution < 1.29 is 23.8 Å². The number of nitrogens with one attached hydrogen (secondary N) is 1. The lowest BCUT2D eigenvalue weighted by atomic mass is 10.1. The molecule has 1 heterocycles. The Kier molecular flexibility index (Phi) is 8.38. The molecular formula is C27H23ClN2O5S2. The van der Waals surface area contributed by atoms with E-state index in [-0.39, 0.29) is 18.4 Å². The Morgan fingerprint density at radius 1 is 1.08 bits per heavy atom. The summed E-state index contributed by atoms with van der Waals surface area (Å²) in [6, 6.07) is 17.6. The van der Waals surface area contributed by atoms with Crippen LogP contribution in [0.2, 0.25) is 5.02 Å². The van der Waals surface area contributed by atoms with Crippen LogP contribution in [0.15, 0.2) is 65.6 Å². The maximum Gasteiger partial charge on any atom is 0.270 e. The number of hydrogen-bond acceptors (Lipinski definition) is 7. The van der Waals surface area contributed by atoms with Gasteiger partial charge in [-0.2, -0.15) is 0 Å². The van der Waals surface area contributed by atoms with Gasteiger partial charge >= 0.3 is 0 Å². The van der Waals surface area contributed by atoms with Gasteiger partial charge in [-0.1, -0.05) is 53.8 Å². The molecule has 2 amide bonds. The number of methoxy groups -OCH3 is 2. The Morgan fingerprint density at radius 3 is 2.62 bits per heavy atom. The van der Waals surface area contributed by atoms with Gasteiger partial charge in [0.15, 0.2) is 22.4 Å². The molecule has 37 heavy (non-hydrogen) atoms. The Balaban J connectivity index is 1.45. The molecule has 0 saturated carbocycles. The first kappa shape index (κ1) is 26.5. The van der Waals surface area contributed by atoms with E-state index >= 15 is 0 Å². The van der Waals surface area contributed by atoms with Crippen molar-refractivity contribution in [2.45, 2.75) is 6.92 Å². The first-order valence-corrected chi connectivity index (χ1v) is 12.7. The van der Waals surface area contributed by atoms with E-state index in [2.05, 4.69) is 5.32 Å². The minimum atomic E-state index is -0.334. The van der Waals surface area contributed by atoms with Crippen molar-refractivity contribution in [2.75, 3.05) is 31.0 Å². The van der Waals surface area contributed by atoms with Crippen LogP contribution in [-0.4, -0.2) is 37.0 Å². The van der Waals surface area contributed by atoms with Crippen LogP contribution in [0.5, 0.6) is 17.2 Å². The van der Waals surface area contributed by atoms with Gasteiger partial charge in [0.25, 0.3) is 11.8 Å². The summed E-state index contributed by atoms with van der Waals surface area (Å²) in [6.45, 7) is 1.68. The number of amides is 2. The predicted octanol–water partition coefficient (Wildman–Crippen LogP) is 6.09. The summed E-state index contributed by atoms with van der Waals surface area (Å²) in [5, 5.41) is 3.32. The van der Waals surface area contributed by atoms with Crippen LogP contribution in [0.3, 0.4) is 0 Å². The maximum atomic E-state index is 13.1. The topological polar surface area (TPSA) is 77.1 Å². The van der Waals surface area contributed by atoms with Crippen molar-refractivity contribution >= 4 is 69.2 Å². The Bertz CT molecular complexity index is 1410. The van der Waals surface area contributed by atoms with Crippen LogP contribution in [-0.2, 0) is 9.59 Å². The number of thioether (sulfide) groups is 1. The number of anilines is 2. The van der Waals surface area contributed by atoms with E-state index in [4.69, 9.17) is 38.0 Å². The van der Waals surface area contributed by atoms with Crippen molar-refractivity contribution in [1.82, 2.24) is 0 Å². The van der Waals surface area contributed by atoms with E-state index in [9.17, 15) is 9.59 Å². The molecule has 3 aromatic carbocycles. The molecule has 0 bridgehead atoms. The lowest BCUT2D eigenvalue weighted by molar-refractivity contribution is -0.118. The number of ether oxygens (including phenoxy) is 3. The summed E-state index contributed by atoms with van der Waals surface area (Å²) in [5.41, 5.74) is 2.85. The van der Waals surface area contributed by atoms with Crippen molar-refractivity contribution in [2.24, 2.45) is 0 Å². The van der Waals surface area contributed by atoms with Crippen LogP contribution in [0.4, 0.5) is 11.4 Å². The third-order valence-electron chi connectivity index (χ3n) is 5.41. The second kappa shape index (κ2) is 11.7. The zero-order valence-electron chi connectivity index (χ0n) is 20.2. The minimum absolute atomic E-state index is 0.218. The van der Waals surface area contributed by atoms with Crippen LogP contribution in [0.25, 0.3) is 6.08 Å². The van der Waals surface area contributed by atoms with Crippen LogP contribution >= 0.6 is 35.6 Å². The van der Waals surface area contributed by atoms with E-state index in [1.165, 1.54) is 23.8 Å². The number of nitrogens with zero attached hydrogens (tertiary/aromatic N) is 1. The molecule has 1 N–H and O–H groups in total. The van der Waals surface area contributed by atoms with Crippen molar-refractivity contribution in [3.05, 3.63) is 81.7 Å². The Labute approximate surface area is 229 Å². The number of halogens is 1. The van der Waals surface area contributed by atoms with Gasteiger partial charge in [0.2, 0.25) is 0 Å². The molecule has 3 aromatic rings. The first-order valence-electron chi connectivity index (χ1n) is 11.1. The fraction of sp³-hybridized carbons (Fsp3) is 0.148. The second-order valence-electron chi connectivity index (χ2n) is 7.93. The van der Waals surface area contributed by atoms with E-state index in [0.29, 0.717) is 48.4 Å². The molecule has 1 aliphatic heterocycles. The normalized spacial score (nSPS) is 14.2. The van der Waals surface area contributed by atoms with Crippen molar-refractivity contribution in [3.8, 4) is 17.2 Å². The fourth-order valence-electron chi connectivity index (χ4n) is 3.50. The van der Waals surface area contributed by atoms with E-state index in [1.807, 2.05) is 19.1 Å². The quantitative estimate of drug-likeness (QED) is 0.267. The highest BCUT2D eigenvalue weighted by Crippen LogP contribution is 2.38. The van der Waals surface area contributed by atoms with Crippen LogP contribution in [0, 0.1) is 6.92 Å². The number of carbonyl (C=O) groups is 2. The predicted molar refractivity (Wildman–Crippen MR) is 152 cm³/mol. The van der Waals surface area contributed by atoms with Gasteiger partial charge in [-0.3, -0.25) is 14.5 Å². The maximum absolute atomic E-state index is 13.1. The highest BCUT2D eigenvalue weighted by molar-refractivity contribution is 8.27. The molecule has 7 nitrogen and oxygen atoms in total. The zero-order chi connectivity index (χ0) is 26.5. The summed E-state index contributed by atoms with van der Waals surface area (Å²) in [7, 11) is 3.06. The van der Waals surface area contributed by atoms with E-state index in [1.54, 1.807) is 61.7 Å². The molecule has 4 rings (SSSR count). The van der Waals surface area contributed by atoms with Crippen molar-refractivity contribution in [3.63, 3.8) is 0 Å². The molecule has 0 unspecified atom stereocenters. The summed E-state index contributed by atoms with van der Waals surface area (Å²) >= 11 is 12.9. The monoisotopic (exact) mass is 554 g/mol. The lowest BCUT2D eigenvalue weighted by Crippen LogP contribution is -2.27. The molecule has 0 aromatic heterocycles. The van der Waals surface area contributed by atoms with E-state index in [0.717, 1.165) is 5.56 Å². The third kappa shape index (κ3) is 6.25. The van der Waals surface area contributed by atoms with Crippen LogP contribution < -0.4 is 24.4 Å². The zero-order valence-corrected chi connectivity index (χ0v) is 22.6. The molecule has 0 atom stereocenters. The highest BCUT2D eigenvalue weighted by Gasteiger charge is 2.33. The van der Waals surface area contributed by atoms with Gasteiger partial charge in [0.05, 0.1) is 24.8 Å². The number of rotatable bonds is 8. The Hall–Kier alpha value is -3.53. The second-order valence-corrected chi connectivity index (χ2v) is 10.0.